The Balaban J connectivity index is 1.06. The quantitative estimate of drug-likeness (QED) is 0.121. The summed E-state index contributed by atoms with van der Waals surface area (Å²) in [5.74, 6) is 1.04. The summed E-state index contributed by atoms with van der Waals surface area (Å²) < 4.78 is 3.67. The van der Waals surface area contributed by atoms with Crippen LogP contribution in [0, 0.1) is 0 Å². The third-order valence-electron chi connectivity index (χ3n) is 11.8. The number of amidine groups is 2. The molecule has 0 amide bonds. The topological polar surface area (TPSA) is 55.7 Å². The lowest BCUT2D eigenvalue weighted by Gasteiger charge is -2.11. The lowest BCUT2D eigenvalue weighted by atomic mass is 9.96. The van der Waals surface area contributed by atoms with E-state index in [1.54, 1.807) is 11.3 Å². The van der Waals surface area contributed by atoms with Crippen LogP contribution in [0.4, 0.5) is 0 Å². The molecule has 0 atom stereocenters. The van der Waals surface area contributed by atoms with Gasteiger partial charge in [-0.25, -0.2) is 4.99 Å². The SMILES string of the molecule is C=Cc1sc2ccc(-c3ccc4c(c3)c3c5cccc6c5c(cc3n4-c3ccc(CN=C(N=C(N)c4ccccc4)c4ccccc4)cc3)-c3ccccc3-6)cc2c1C=C. The van der Waals surface area contributed by atoms with Gasteiger partial charge < -0.3 is 10.3 Å². The molecule has 5 heteroatoms. The molecule has 2 heterocycles. The van der Waals surface area contributed by atoms with Gasteiger partial charge in [-0.2, -0.15) is 0 Å². The molecule has 0 saturated heterocycles. The lowest BCUT2D eigenvalue weighted by molar-refractivity contribution is 1.05. The molecule has 60 heavy (non-hydrogen) atoms. The molecule has 10 aromatic rings. The number of hydrogen-bond donors (Lipinski definition) is 1. The Bertz CT molecular complexity index is 3420. The number of nitrogens with two attached hydrogens (primary N) is 1. The van der Waals surface area contributed by atoms with E-state index in [1.165, 1.54) is 70.5 Å². The van der Waals surface area contributed by atoms with Gasteiger partial charge in [-0.05, 0) is 97.7 Å². The van der Waals surface area contributed by atoms with Crippen molar-refractivity contribution in [1.82, 2.24) is 4.57 Å². The molecule has 0 unspecified atom stereocenters. The van der Waals surface area contributed by atoms with Crippen molar-refractivity contribution in [2.75, 3.05) is 0 Å². The average Bonchev–Trinajstić information content (AvgIpc) is 3.96. The van der Waals surface area contributed by atoms with Gasteiger partial charge in [0.15, 0.2) is 5.84 Å². The summed E-state index contributed by atoms with van der Waals surface area (Å²) in [5, 5.41) is 6.27. The smallest absolute Gasteiger partial charge is 0.157 e. The van der Waals surface area contributed by atoms with Gasteiger partial charge in [0.05, 0.1) is 17.6 Å². The molecule has 0 aliphatic heterocycles. The summed E-state index contributed by atoms with van der Waals surface area (Å²) >= 11 is 1.76. The summed E-state index contributed by atoms with van der Waals surface area (Å²) in [5.41, 5.74) is 21.4. The van der Waals surface area contributed by atoms with Crippen LogP contribution in [0.3, 0.4) is 0 Å². The maximum absolute atomic E-state index is 6.49. The Hall–Kier alpha value is -7.60. The van der Waals surface area contributed by atoms with Gasteiger partial charge in [-0.15, -0.1) is 11.3 Å². The lowest BCUT2D eigenvalue weighted by Crippen LogP contribution is -2.16. The minimum atomic E-state index is 0.434. The van der Waals surface area contributed by atoms with Crippen molar-refractivity contribution in [3.63, 3.8) is 0 Å². The molecule has 0 fully saturated rings. The normalized spacial score (nSPS) is 12.5. The summed E-state index contributed by atoms with van der Waals surface area (Å²) in [6.07, 6.45) is 3.88. The molecule has 2 N–H and O–H groups in total. The highest BCUT2D eigenvalue weighted by Crippen LogP contribution is 2.51. The van der Waals surface area contributed by atoms with E-state index in [9.17, 15) is 0 Å². The summed E-state index contributed by atoms with van der Waals surface area (Å²) in [6.45, 7) is 8.64. The molecule has 0 radical (unpaired) electrons. The van der Waals surface area contributed by atoms with Crippen LogP contribution in [0.25, 0.3) is 93.9 Å². The highest BCUT2D eigenvalue weighted by molar-refractivity contribution is 7.20. The van der Waals surface area contributed by atoms with Crippen LogP contribution < -0.4 is 5.73 Å². The Morgan fingerprint density at radius 1 is 0.567 bits per heavy atom. The van der Waals surface area contributed by atoms with E-state index < -0.39 is 0 Å². The first-order chi connectivity index (χ1) is 29.6. The first-order valence-electron chi connectivity index (χ1n) is 20.1. The maximum Gasteiger partial charge on any atom is 0.157 e. The standard InChI is InChI=1S/C55H38N4S/c1-3-40-45-30-38(25-29-51(45)60-50(40)4-2)37-24-28-48-47(31-37)53-44-21-13-20-43-41-18-11-12-19-42(41)46(52(43)44)32-49(53)59(48)39-26-22-34(23-27-39)33-57-55(36-16-9-6-10-17-36)58-54(56)35-14-7-5-8-15-35/h3-32H,1-2,33H2,(H2,56,57,58). The monoisotopic (exact) mass is 786 g/mol. The second-order valence-electron chi connectivity index (χ2n) is 15.2. The van der Waals surface area contributed by atoms with Gasteiger partial charge in [-0.3, -0.25) is 4.99 Å². The molecule has 11 rings (SSSR count). The van der Waals surface area contributed by atoms with Crippen LogP contribution >= 0.6 is 11.3 Å². The average molecular weight is 787 g/mol. The first-order valence-corrected chi connectivity index (χ1v) is 20.9. The van der Waals surface area contributed by atoms with Crippen molar-refractivity contribution >= 4 is 77.8 Å². The van der Waals surface area contributed by atoms with Crippen molar-refractivity contribution in [3.05, 3.63) is 210 Å². The van der Waals surface area contributed by atoms with E-state index in [-0.39, 0.29) is 0 Å². The number of thiophene rings is 1. The van der Waals surface area contributed by atoms with Crippen molar-refractivity contribution in [3.8, 4) is 39.1 Å². The van der Waals surface area contributed by atoms with E-state index >= 15 is 0 Å². The number of aliphatic imine (C=N–C) groups is 2. The van der Waals surface area contributed by atoms with E-state index in [0.717, 1.165) is 38.3 Å². The van der Waals surface area contributed by atoms with Crippen molar-refractivity contribution in [1.29, 1.82) is 0 Å². The number of rotatable bonds is 8. The Labute approximate surface area is 352 Å². The zero-order valence-corrected chi connectivity index (χ0v) is 33.6. The highest BCUT2D eigenvalue weighted by Gasteiger charge is 2.25. The van der Waals surface area contributed by atoms with Crippen LogP contribution in [0.5, 0.6) is 0 Å². The molecule has 0 saturated carbocycles. The van der Waals surface area contributed by atoms with Gasteiger partial charge >= 0.3 is 0 Å². The van der Waals surface area contributed by atoms with E-state index in [1.807, 2.05) is 72.8 Å². The van der Waals surface area contributed by atoms with Crippen molar-refractivity contribution in [2.24, 2.45) is 15.7 Å². The molecule has 8 aromatic carbocycles. The summed E-state index contributed by atoms with van der Waals surface area (Å²) in [6, 6.07) is 60.4. The molecule has 0 bridgehead atoms. The number of hydrogen-bond acceptors (Lipinski definition) is 2. The van der Waals surface area contributed by atoms with Gasteiger partial charge in [-0.1, -0.05) is 153 Å². The van der Waals surface area contributed by atoms with E-state index in [2.05, 4.69) is 127 Å². The molecular formula is C55H38N4S. The minimum absolute atomic E-state index is 0.434. The number of aromatic nitrogens is 1. The maximum atomic E-state index is 6.49. The van der Waals surface area contributed by atoms with Crippen LogP contribution in [0.15, 0.2) is 193 Å². The van der Waals surface area contributed by atoms with Crippen LogP contribution in [-0.2, 0) is 6.54 Å². The molecule has 2 aromatic heterocycles. The first kappa shape index (κ1) is 35.6. The second kappa shape index (κ2) is 14.3. The van der Waals surface area contributed by atoms with Gasteiger partial charge in [0.1, 0.15) is 5.84 Å². The number of nitrogens with zero attached hydrogens (tertiary/aromatic N) is 3. The predicted octanol–water partition coefficient (Wildman–Crippen LogP) is 14.1. The highest BCUT2D eigenvalue weighted by atomic mass is 32.1. The third-order valence-corrected chi connectivity index (χ3v) is 13.0. The van der Waals surface area contributed by atoms with Crippen LogP contribution in [0.2, 0.25) is 0 Å². The fourth-order valence-electron chi connectivity index (χ4n) is 9.00. The molecule has 0 spiro atoms. The van der Waals surface area contributed by atoms with Gasteiger partial charge in [0.2, 0.25) is 0 Å². The zero-order valence-electron chi connectivity index (χ0n) is 32.8. The van der Waals surface area contributed by atoms with Crippen molar-refractivity contribution in [2.45, 2.75) is 6.54 Å². The Morgan fingerprint density at radius 2 is 1.23 bits per heavy atom. The summed E-state index contributed by atoms with van der Waals surface area (Å²) in [7, 11) is 0. The zero-order chi connectivity index (χ0) is 40.3. The molecule has 1 aliphatic rings. The molecule has 284 valence electrons. The van der Waals surface area contributed by atoms with E-state index in [0.29, 0.717) is 18.2 Å². The largest absolute Gasteiger partial charge is 0.383 e. The van der Waals surface area contributed by atoms with Crippen LogP contribution in [-0.4, -0.2) is 16.2 Å². The fraction of sp³-hybridized carbons (Fsp3) is 0.0182. The molecular weight excluding hydrogens is 749 g/mol. The van der Waals surface area contributed by atoms with Crippen LogP contribution in [0.1, 0.15) is 27.1 Å². The van der Waals surface area contributed by atoms with Crippen molar-refractivity contribution < 1.29 is 0 Å². The Kier molecular flexibility index (Phi) is 8.50. The fourth-order valence-corrected chi connectivity index (χ4v) is 10.0. The van der Waals surface area contributed by atoms with Gasteiger partial charge in [0, 0.05) is 42.6 Å². The third kappa shape index (κ3) is 5.74. The minimum Gasteiger partial charge on any atom is -0.383 e. The van der Waals surface area contributed by atoms with E-state index in [4.69, 9.17) is 15.7 Å². The molecule has 4 nitrogen and oxygen atoms in total. The molecule has 1 aliphatic carbocycles. The summed E-state index contributed by atoms with van der Waals surface area (Å²) in [4.78, 5) is 11.0. The number of benzene rings is 8. The Morgan fingerprint density at radius 3 is 1.97 bits per heavy atom. The predicted molar refractivity (Wildman–Crippen MR) is 258 cm³/mol. The number of fused-ring (bicyclic) bond motifs is 8. The van der Waals surface area contributed by atoms with Gasteiger partial charge in [0.25, 0.3) is 0 Å². The second-order valence-corrected chi connectivity index (χ2v) is 16.3.